The van der Waals surface area contributed by atoms with Crippen LogP contribution in [-0.2, 0) is 27.9 Å². The molecule has 0 radical (unpaired) electrons. The summed E-state index contributed by atoms with van der Waals surface area (Å²) < 4.78 is 35.3. The van der Waals surface area contributed by atoms with Gasteiger partial charge in [0.05, 0.1) is 34.4 Å². The number of ether oxygens (including phenoxy) is 2. The van der Waals surface area contributed by atoms with Crippen molar-refractivity contribution in [1.82, 2.24) is 0 Å². The van der Waals surface area contributed by atoms with Crippen LogP contribution in [0.5, 0.6) is 0 Å². The molecule has 2 unspecified atom stereocenters. The Hall–Kier alpha value is -1.54. The van der Waals surface area contributed by atoms with Crippen molar-refractivity contribution in [3.05, 3.63) is 48.6 Å². The molecule has 400 valence electrons. The highest BCUT2D eigenvalue weighted by Crippen LogP contribution is 2.43. The van der Waals surface area contributed by atoms with Gasteiger partial charge >= 0.3 is 13.8 Å². The van der Waals surface area contributed by atoms with Crippen molar-refractivity contribution in [2.75, 3.05) is 54.1 Å². The number of unbranched alkanes of at least 4 members (excludes halogenated alkanes) is 32. The highest BCUT2D eigenvalue weighted by atomic mass is 31.2. The van der Waals surface area contributed by atoms with E-state index in [1.54, 1.807) is 0 Å². The van der Waals surface area contributed by atoms with Gasteiger partial charge < -0.3 is 18.9 Å². The van der Waals surface area contributed by atoms with E-state index in [4.69, 9.17) is 18.5 Å². The summed E-state index contributed by atoms with van der Waals surface area (Å²) >= 11 is 0. The molecule has 68 heavy (non-hydrogen) atoms. The molecule has 9 heteroatoms. The number of likely N-dealkylation sites (N-methyl/N-ethyl adjacent to an activating group) is 1. The lowest BCUT2D eigenvalue weighted by atomic mass is 10.0. The number of hydrogen-bond acceptors (Lipinski definition) is 6. The molecule has 0 aromatic carbocycles. The number of carbonyl (C=O) groups excluding carboxylic acids is 1. The maximum atomic E-state index is 12.8. The van der Waals surface area contributed by atoms with Gasteiger partial charge in [0.2, 0.25) is 0 Å². The van der Waals surface area contributed by atoms with Crippen molar-refractivity contribution in [3.8, 4) is 0 Å². The molecule has 1 N–H and O–H groups in total. The van der Waals surface area contributed by atoms with Crippen LogP contribution in [0.25, 0.3) is 0 Å². The van der Waals surface area contributed by atoms with Gasteiger partial charge in [0.1, 0.15) is 19.3 Å². The third-order valence-corrected chi connectivity index (χ3v) is 13.6. The SMILES string of the molecule is CC/C=C\C/C=C\C/C=C\C/C=C\CCCCCCCCCCC(=O)OC(COCCCCCCCCCCCCCCCCCCCCCCCCCCC)COP(=O)(O)OCC[N+](C)(C)C. The summed E-state index contributed by atoms with van der Waals surface area (Å²) in [5.41, 5.74) is 0. The van der Waals surface area contributed by atoms with Crippen molar-refractivity contribution in [2.45, 2.75) is 270 Å². The molecule has 0 aromatic heterocycles. The fourth-order valence-electron chi connectivity index (χ4n) is 8.25. The van der Waals surface area contributed by atoms with Crippen LogP contribution in [0, 0.1) is 0 Å². The number of phosphoric acid groups is 1. The summed E-state index contributed by atoms with van der Waals surface area (Å²) in [6, 6.07) is 0. The zero-order valence-corrected chi connectivity index (χ0v) is 46.5. The highest BCUT2D eigenvalue weighted by molar-refractivity contribution is 7.47. The van der Waals surface area contributed by atoms with Crippen LogP contribution < -0.4 is 0 Å². The molecule has 0 aliphatic carbocycles. The first-order valence-corrected chi connectivity index (χ1v) is 30.4. The monoisotopic (exact) mass is 979 g/mol. The minimum atomic E-state index is -4.29. The first-order chi connectivity index (χ1) is 33.1. The van der Waals surface area contributed by atoms with E-state index in [9.17, 15) is 14.3 Å². The second-order valence-electron chi connectivity index (χ2n) is 20.7. The van der Waals surface area contributed by atoms with E-state index in [1.165, 1.54) is 180 Å². The Bertz CT molecular complexity index is 1230. The van der Waals surface area contributed by atoms with Crippen LogP contribution in [0.15, 0.2) is 48.6 Å². The molecule has 0 fully saturated rings. The van der Waals surface area contributed by atoms with E-state index in [0.29, 0.717) is 24.1 Å². The second-order valence-corrected chi connectivity index (χ2v) is 22.1. The first kappa shape index (κ1) is 66.5. The zero-order chi connectivity index (χ0) is 49.8. The largest absolute Gasteiger partial charge is 0.472 e. The zero-order valence-electron chi connectivity index (χ0n) is 45.6. The fraction of sp³-hybridized carbons (Fsp3) is 0.847. The Labute approximate surface area is 422 Å². The summed E-state index contributed by atoms with van der Waals surface area (Å²) in [5, 5.41) is 0. The Kier molecular flexibility index (Phi) is 50.6. The molecule has 0 aliphatic rings. The molecule has 0 aromatic rings. The van der Waals surface area contributed by atoms with Crippen molar-refractivity contribution in [1.29, 1.82) is 0 Å². The molecule has 0 spiro atoms. The van der Waals surface area contributed by atoms with E-state index in [-0.39, 0.29) is 25.8 Å². The first-order valence-electron chi connectivity index (χ1n) is 28.9. The lowest BCUT2D eigenvalue weighted by molar-refractivity contribution is -0.870. The fourth-order valence-corrected chi connectivity index (χ4v) is 8.99. The van der Waals surface area contributed by atoms with Gasteiger partial charge in [-0.3, -0.25) is 13.8 Å². The lowest BCUT2D eigenvalue weighted by Crippen LogP contribution is -2.37. The molecule has 0 aliphatic heterocycles. The number of esters is 1. The van der Waals surface area contributed by atoms with Gasteiger partial charge in [-0.15, -0.1) is 0 Å². The Morgan fingerprint density at radius 1 is 0.471 bits per heavy atom. The van der Waals surface area contributed by atoms with Crippen LogP contribution in [0.4, 0.5) is 0 Å². The molecule has 0 saturated carbocycles. The van der Waals surface area contributed by atoms with Crippen LogP contribution in [0.2, 0.25) is 0 Å². The highest BCUT2D eigenvalue weighted by Gasteiger charge is 2.26. The number of carbonyl (C=O) groups is 1. The van der Waals surface area contributed by atoms with Gasteiger partial charge in [-0.2, -0.15) is 0 Å². The van der Waals surface area contributed by atoms with Gasteiger partial charge in [-0.1, -0.05) is 255 Å². The van der Waals surface area contributed by atoms with E-state index >= 15 is 0 Å². The Morgan fingerprint density at radius 3 is 1.28 bits per heavy atom. The van der Waals surface area contributed by atoms with Crippen molar-refractivity contribution in [3.63, 3.8) is 0 Å². The van der Waals surface area contributed by atoms with Crippen LogP contribution in [0.1, 0.15) is 264 Å². The molecule has 0 bridgehead atoms. The predicted molar refractivity (Wildman–Crippen MR) is 293 cm³/mol. The van der Waals surface area contributed by atoms with Crippen LogP contribution in [0.3, 0.4) is 0 Å². The average molecular weight is 980 g/mol. The van der Waals surface area contributed by atoms with E-state index in [0.717, 1.165) is 64.2 Å². The Balaban J connectivity index is 4.05. The summed E-state index contributed by atoms with van der Waals surface area (Å²) in [7, 11) is 1.67. The quantitative estimate of drug-likeness (QED) is 0.0213. The second kappa shape index (κ2) is 51.8. The average Bonchev–Trinajstić information content (AvgIpc) is 3.30. The van der Waals surface area contributed by atoms with Gasteiger partial charge in [0.15, 0.2) is 0 Å². The third-order valence-electron chi connectivity index (χ3n) is 12.7. The molecule has 0 rings (SSSR count). The van der Waals surface area contributed by atoms with Crippen LogP contribution in [-0.4, -0.2) is 75.6 Å². The molecular formula is C59H113NO7P+. The molecule has 2 atom stereocenters. The van der Waals surface area contributed by atoms with Gasteiger partial charge in [-0.25, -0.2) is 4.57 Å². The van der Waals surface area contributed by atoms with Crippen molar-refractivity contribution >= 4 is 13.8 Å². The number of phosphoric ester groups is 1. The van der Waals surface area contributed by atoms with E-state index < -0.39 is 13.9 Å². The summed E-state index contributed by atoms with van der Waals surface area (Å²) in [6.07, 6.45) is 66.1. The van der Waals surface area contributed by atoms with Gasteiger partial charge in [0, 0.05) is 13.0 Å². The van der Waals surface area contributed by atoms with E-state index in [1.807, 2.05) is 21.1 Å². The molecule has 0 amide bonds. The lowest BCUT2D eigenvalue weighted by Gasteiger charge is -2.24. The Morgan fingerprint density at radius 2 is 0.853 bits per heavy atom. The minimum Gasteiger partial charge on any atom is -0.457 e. The molecular weight excluding hydrogens is 866 g/mol. The standard InChI is InChI=1S/C59H112NO7P/c1-6-8-10-12-14-16-18-20-22-24-26-28-29-30-31-33-35-37-39-41-43-45-47-49-51-54-64-56-58(57-66-68(62,63)65-55-53-60(3,4)5)67-59(61)52-50-48-46-44-42-40-38-36-34-32-27-25-23-21-19-17-15-13-11-9-7-2/h9,11,15,17,21,23,27,32,58H,6-8,10,12-14,16,18-20,22,24-26,28-31,33-57H2,1-5H3/p+1/b11-9-,17-15-,23-21-,32-27-. The summed E-state index contributed by atoms with van der Waals surface area (Å²) in [5.74, 6) is -0.318. The maximum Gasteiger partial charge on any atom is 0.472 e. The molecule has 0 saturated heterocycles. The van der Waals surface area contributed by atoms with Gasteiger partial charge in [-0.05, 0) is 51.4 Å². The van der Waals surface area contributed by atoms with Crippen LogP contribution >= 0.6 is 7.82 Å². The summed E-state index contributed by atoms with van der Waals surface area (Å²) in [6.45, 7) is 5.55. The number of rotatable bonds is 54. The van der Waals surface area contributed by atoms with Gasteiger partial charge in [0.25, 0.3) is 0 Å². The smallest absolute Gasteiger partial charge is 0.457 e. The number of hydrogen-bond donors (Lipinski definition) is 1. The minimum absolute atomic E-state index is 0.0872. The third kappa shape index (κ3) is 55.4. The normalized spacial score (nSPS) is 13.8. The van der Waals surface area contributed by atoms with E-state index in [2.05, 4.69) is 62.5 Å². The predicted octanol–water partition coefficient (Wildman–Crippen LogP) is 18.2. The topological polar surface area (TPSA) is 91.3 Å². The molecule has 8 nitrogen and oxygen atoms in total. The number of allylic oxidation sites excluding steroid dienone is 8. The number of nitrogens with zero attached hydrogens (tertiary/aromatic N) is 1. The van der Waals surface area contributed by atoms with Crippen molar-refractivity contribution in [2.24, 2.45) is 0 Å². The molecule has 0 heterocycles. The maximum absolute atomic E-state index is 12.8. The van der Waals surface area contributed by atoms with Crippen molar-refractivity contribution < 1.29 is 37.3 Å². The number of quaternary nitrogens is 1. The summed E-state index contributed by atoms with van der Waals surface area (Å²) in [4.78, 5) is 23.1.